The predicted molar refractivity (Wildman–Crippen MR) is 71.8 cm³/mol. The van der Waals surface area contributed by atoms with Crippen LogP contribution in [-0.2, 0) is 10.0 Å². The van der Waals surface area contributed by atoms with Crippen molar-refractivity contribution in [1.29, 1.82) is 0 Å². The molecule has 112 valence electrons. The number of benzene rings is 1. The van der Waals surface area contributed by atoms with Crippen molar-refractivity contribution in [2.45, 2.75) is 17.7 Å². The highest BCUT2D eigenvalue weighted by atomic mass is 32.2. The van der Waals surface area contributed by atoms with Crippen LogP contribution >= 0.6 is 0 Å². The van der Waals surface area contributed by atoms with Crippen LogP contribution in [-0.4, -0.2) is 39.4 Å². The molecule has 20 heavy (non-hydrogen) atoms. The number of nitrogens with zero attached hydrogens (tertiary/aromatic N) is 1. The quantitative estimate of drug-likeness (QED) is 0.919. The number of sulfonamides is 1. The predicted octanol–water partition coefficient (Wildman–Crippen LogP) is 1.58. The standard InChI is InChI=1S/C13H18F2N2O2S/c1-16-8-10-3-2-6-17(9-10)20(18,19)11-4-5-12(14)13(15)7-11/h4-5,7,10,16H,2-3,6,8-9H2,1H3/t10-/m0/s1. The summed E-state index contributed by atoms with van der Waals surface area (Å²) in [6.07, 6.45) is 1.74. The van der Waals surface area contributed by atoms with Gasteiger partial charge >= 0.3 is 0 Å². The Balaban J connectivity index is 2.23. The number of hydrogen-bond acceptors (Lipinski definition) is 3. The van der Waals surface area contributed by atoms with Crippen molar-refractivity contribution in [1.82, 2.24) is 9.62 Å². The number of rotatable bonds is 4. The lowest BCUT2D eigenvalue weighted by atomic mass is 10.00. The van der Waals surface area contributed by atoms with Gasteiger partial charge in [-0.2, -0.15) is 4.31 Å². The fourth-order valence-electron chi connectivity index (χ4n) is 2.49. The van der Waals surface area contributed by atoms with Crippen molar-refractivity contribution in [3.05, 3.63) is 29.8 Å². The Bertz CT molecular complexity index is 576. The summed E-state index contributed by atoms with van der Waals surface area (Å²) in [6.45, 7) is 1.56. The van der Waals surface area contributed by atoms with Gasteiger partial charge in [-0.05, 0) is 50.6 Å². The van der Waals surface area contributed by atoms with Gasteiger partial charge in [-0.3, -0.25) is 0 Å². The van der Waals surface area contributed by atoms with Crippen molar-refractivity contribution in [3.8, 4) is 0 Å². The van der Waals surface area contributed by atoms with Crippen LogP contribution < -0.4 is 5.32 Å². The Morgan fingerprint density at radius 2 is 2.10 bits per heavy atom. The van der Waals surface area contributed by atoms with Crippen LogP contribution in [0.1, 0.15) is 12.8 Å². The molecule has 1 N–H and O–H groups in total. The fourth-order valence-corrected chi connectivity index (χ4v) is 4.05. The maximum Gasteiger partial charge on any atom is 0.243 e. The van der Waals surface area contributed by atoms with E-state index in [1.807, 2.05) is 7.05 Å². The van der Waals surface area contributed by atoms with Crippen LogP contribution in [0.25, 0.3) is 0 Å². The number of halogens is 2. The summed E-state index contributed by atoms with van der Waals surface area (Å²) in [6, 6.07) is 2.69. The highest BCUT2D eigenvalue weighted by Crippen LogP contribution is 2.24. The van der Waals surface area contributed by atoms with Gasteiger partial charge < -0.3 is 5.32 Å². The van der Waals surface area contributed by atoms with Crippen LogP contribution in [0.2, 0.25) is 0 Å². The Morgan fingerprint density at radius 3 is 2.75 bits per heavy atom. The van der Waals surface area contributed by atoms with E-state index in [-0.39, 0.29) is 10.8 Å². The minimum absolute atomic E-state index is 0.193. The molecule has 1 heterocycles. The third kappa shape index (κ3) is 3.16. The third-order valence-corrected chi connectivity index (χ3v) is 5.36. The van der Waals surface area contributed by atoms with Crippen molar-refractivity contribution >= 4 is 10.0 Å². The van der Waals surface area contributed by atoms with Crippen molar-refractivity contribution < 1.29 is 17.2 Å². The number of hydrogen-bond donors (Lipinski definition) is 1. The molecule has 0 unspecified atom stereocenters. The smallest absolute Gasteiger partial charge is 0.243 e. The molecule has 0 saturated carbocycles. The van der Waals surface area contributed by atoms with Crippen LogP contribution in [0.3, 0.4) is 0 Å². The van der Waals surface area contributed by atoms with Gasteiger partial charge in [0.25, 0.3) is 0 Å². The first-order valence-corrected chi connectivity index (χ1v) is 7.99. The van der Waals surface area contributed by atoms with E-state index in [2.05, 4.69) is 5.32 Å². The van der Waals surface area contributed by atoms with Gasteiger partial charge in [0.15, 0.2) is 11.6 Å². The van der Waals surface area contributed by atoms with Crippen molar-refractivity contribution in [2.75, 3.05) is 26.7 Å². The summed E-state index contributed by atoms with van der Waals surface area (Å²) in [5.74, 6) is -1.95. The van der Waals surface area contributed by atoms with E-state index in [0.717, 1.165) is 37.6 Å². The van der Waals surface area contributed by atoms with E-state index in [4.69, 9.17) is 0 Å². The number of nitrogens with one attached hydrogen (secondary N) is 1. The summed E-state index contributed by atoms with van der Waals surface area (Å²) < 4.78 is 52.3. The topological polar surface area (TPSA) is 49.4 Å². The van der Waals surface area contributed by atoms with Crippen LogP contribution in [0.15, 0.2) is 23.1 Å². The Labute approximate surface area is 117 Å². The van der Waals surface area contributed by atoms with Gasteiger partial charge in [0, 0.05) is 13.1 Å². The second-order valence-corrected chi connectivity index (χ2v) is 6.94. The Morgan fingerprint density at radius 1 is 1.35 bits per heavy atom. The molecule has 1 atom stereocenters. The molecule has 1 aliphatic heterocycles. The molecule has 0 aliphatic carbocycles. The van der Waals surface area contributed by atoms with Crippen LogP contribution in [0.4, 0.5) is 8.78 Å². The summed E-state index contributed by atoms with van der Waals surface area (Å²) in [7, 11) is -1.93. The SMILES string of the molecule is CNC[C@@H]1CCCN(S(=O)(=O)c2ccc(F)c(F)c2)C1. The molecule has 7 heteroatoms. The maximum atomic E-state index is 13.2. The lowest BCUT2D eigenvalue weighted by molar-refractivity contribution is 0.263. The van der Waals surface area contributed by atoms with Gasteiger partial charge in [-0.25, -0.2) is 17.2 Å². The van der Waals surface area contributed by atoms with Gasteiger partial charge in [0.2, 0.25) is 10.0 Å². The van der Waals surface area contributed by atoms with Crippen LogP contribution in [0.5, 0.6) is 0 Å². The molecule has 0 aromatic heterocycles. The molecule has 4 nitrogen and oxygen atoms in total. The molecule has 0 spiro atoms. The van der Waals surface area contributed by atoms with E-state index in [1.54, 1.807) is 0 Å². The van der Waals surface area contributed by atoms with Crippen molar-refractivity contribution in [3.63, 3.8) is 0 Å². The lowest BCUT2D eigenvalue weighted by Crippen LogP contribution is -2.42. The average molecular weight is 304 g/mol. The largest absolute Gasteiger partial charge is 0.319 e. The zero-order valence-electron chi connectivity index (χ0n) is 11.3. The second kappa shape index (κ2) is 6.15. The molecule has 2 rings (SSSR count). The van der Waals surface area contributed by atoms with Gasteiger partial charge in [-0.1, -0.05) is 0 Å². The monoisotopic (exact) mass is 304 g/mol. The molecule has 1 aromatic carbocycles. The molecule has 0 amide bonds. The van der Waals surface area contributed by atoms with Crippen molar-refractivity contribution in [2.24, 2.45) is 5.92 Å². The molecule has 1 aromatic rings. The first-order chi connectivity index (χ1) is 9.45. The second-order valence-electron chi connectivity index (χ2n) is 5.00. The Hall–Kier alpha value is -1.05. The molecule has 1 fully saturated rings. The van der Waals surface area contributed by atoms with E-state index >= 15 is 0 Å². The highest BCUT2D eigenvalue weighted by molar-refractivity contribution is 7.89. The molecule has 1 aliphatic rings. The zero-order valence-corrected chi connectivity index (χ0v) is 12.1. The number of piperidine rings is 1. The van der Waals surface area contributed by atoms with E-state index < -0.39 is 21.7 Å². The lowest BCUT2D eigenvalue weighted by Gasteiger charge is -2.31. The average Bonchev–Trinajstić information content (AvgIpc) is 2.42. The third-order valence-electron chi connectivity index (χ3n) is 3.50. The van der Waals surface area contributed by atoms with Gasteiger partial charge in [0.05, 0.1) is 4.90 Å². The molecule has 0 radical (unpaired) electrons. The van der Waals surface area contributed by atoms with Crippen LogP contribution in [0, 0.1) is 17.6 Å². The zero-order chi connectivity index (χ0) is 14.8. The van der Waals surface area contributed by atoms with E-state index in [1.165, 1.54) is 4.31 Å². The van der Waals surface area contributed by atoms with Gasteiger partial charge in [-0.15, -0.1) is 0 Å². The Kier molecular flexibility index (Phi) is 4.72. The molecular formula is C13H18F2N2O2S. The molecule has 0 bridgehead atoms. The minimum atomic E-state index is -3.75. The first kappa shape index (κ1) is 15.3. The highest BCUT2D eigenvalue weighted by Gasteiger charge is 2.30. The normalized spacial score (nSPS) is 21.1. The summed E-state index contributed by atoms with van der Waals surface area (Å²) in [4.78, 5) is -0.193. The van der Waals surface area contributed by atoms with Gasteiger partial charge in [0.1, 0.15) is 0 Å². The molecular weight excluding hydrogens is 286 g/mol. The minimum Gasteiger partial charge on any atom is -0.319 e. The first-order valence-electron chi connectivity index (χ1n) is 6.55. The summed E-state index contributed by atoms with van der Waals surface area (Å²) >= 11 is 0. The maximum absolute atomic E-state index is 13.2. The fraction of sp³-hybridized carbons (Fsp3) is 0.538. The molecule has 1 saturated heterocycles. The summed E-state index contributed by atoms with van der Waals surface area (Å²) in [5, 5.41) is 3.03. The summed E-state index contributed by atoms with van der Waals surface area (Å²) in [5.41, 5.74) is 0. The van der Waals surface area contributed by atoms with E-state index in [9.17, 15) is 17.2 Å². The van der Waals surface area contributed by atoms with E-state index in [0.29, 0.717) is 13.1 Å².